The van der Waals surface area contributed by atoms with Gasteiger partial charge in [-0.1, -0.05) is 72.8 Å². The third-order valence-electron chi connectivity index (χ3n) is 4.40. The Kier molecular flexibility index (Phi) is 7.24. The van der Waals surface area contributed by atoms with Crippen LogP contribution in [0.5, 0.6) is 5.75 Å². The van der Waals surface area contributed by atoms with E-state index in [2.05, 4.69) is 0 Å². The predicted octanol–water partition coefficient (Wildman–Crippen LogP) is 6.07. The Labute approximate surface area is 171 Å². The van der Waals surface area contributed by atoms with Crippen molar-refractivity contribution in [1.29, 1.82) is 0 Å². The van der Waals surface area contributed by atoms with E-state index < -0.39 is 7.82 Å². The van der Waals surface area contributed by atoms with Crippen LogP contribution in [-0.2, 0) is 38.0 Å². The van der Waals surface area contributed by atoms with E-state index in [1.54, 1.807) is 12.1 Å². The Morgan fingerprint density at radius 2 is 1.07 bits per heavy atom. The highest BCUT2D eigenvalue weighted by Gasteiger charge is 2.27. The Bertz CT molecular complexity index is 903. The first kappa shape index (κ1) is 21.3. The molecule has 0 radical (unpaired) electrons. The van der Waals surface area contributed by atoms with Crippen LogP contribution in [0.2, 0.25) is 0 Å². The maximum Gasteiger partial charge on any atom is 0.475 e. The summed E-state index contributed by atoms with van der Waals surface area (Å²) >= 11 is 0. The van der Waals surface area contributed by atoms with Crippen molar-refractivity contribution in [3.8, 4) is 5.75 Å². The smallest absolute Gasteiger partial charge is 0.475 e. The quantitative estimate of drug-likeness (QED) is 0.432. The lowest BCUT2D eigenvalue weighted by atomic mass is 10.1. The molecule has 0 aliphatic rings. The lowest BCUT2D eigenvalue weighted by molar-refractivity contribution is 0.0978. The first-order valence-electron chi connectivity index (χ1n) is 9.36. The number of phosphoric acid groups is 1. The summed E-state index contributed by atoms with van der Waals surface area (Å²) in [5, 5.41) is 9.93. The number of phenolic OH excluding ortho intramolecular Hbond substituents is 1. The highest BCUT2D eigenvalue weighted by molar-refractivity contribution is 7.48. The molecule has 0 atom stereocenters. The van der Waals surface area contributed by atoms with Crippen molar-refractivity contribution in [2.24, 2.45) is 0 Å². The first-order valence-corrected chi connectivity index (χ1v) is 10.8. The second-order valence-corrected chi connectivity index (χ2v) is 8.49. The Morgan fingerprint density at radius 1 is 0.690 bits per heavy atom. The zero-order valence-electron chi connectivity index (χ0n) is 16.6. The van der Waals surface area contributed by atoms with E-state index in [1.807, 2.05) is 74.5 Å². The summed E-state index contributed by atoms with van der Waals surface area (Å²) in [4.78, 5) is 0. The summed E-state index contributed by atoms with van der Waals surface area (Å²) < 4.78 is 30.1. The maximum absolute atomic E-state index is 13.3. The molecule has 5 nitrogen and oxygen atoms in total. The van der Waals surface area contributed by atoms with Crippen LogP contribution in [0.15, 0.2) is 72.8 Å². The van der Waals surface area contributed by atoms with E-state index in [0.717, 1.165) is 27.8 Å². The van der Waals surface area contributed by atoms with Gasteiger partial charge in [-0.05, 0) is 41.7 Å². The van der Waals surface area contributed by atoms with Gasteiger partial charge in [-0.25, -0.2) is 4.57 Å². The first-order chi connectivity index (χ1) is 14.0. The molecule has 0 aliphatic carbocycles. The number of hydrogen-bond donors (Lipinski definition) is 1. The highest BCUT2D eigenvalue weighted by Crippen LogP contribution is 2.51. The minimum Gasteiger partial charge on any atom is -0.507 e. The van der Waals surface area contributed by atoms with Crippen LogP contribution in [0.3, 0.4) is 0 Å². The third kappa shape index (κ3) is 6.28. The lowest BCUT2D eigenvalue weighted by Gasteiger charge is -2.19. The van der Waals surface area contributed by atoms with Crippen LogP contribution in [0.1, 0.15) is 27.8 Å². The van der Waals surface area contributed by atoms with E-state index in [4.69, 9.17) is 13.6 Å². The molecular formula is C23H25O5P. The molecule has 0 saturated carbocycles. The van der Waals surface area contributed by atoms with Crippen molar-refractivity contribution in [2.45, 2.75) is 33.7 Å². The number of aryl methyl sites for hydroxylation is 2. The van der Waals surface area contributed by atoms with Crippen LogP contribution in [-0.4, -0.2) is 5.11 Å². The molecule has 3 aromatic carbocycles. The topological polar surface area (TPSA) is 65.0 Å². The van der Waals surface area contributed by atoms with Gasteiger partial charge in [-0.15, -0.1) is 0 Å². The summed E-state index contributed by atoms with van der Waals surface area (Å²) in [5.74, 6) is 0.248. The second kappa shape index (κ2) is 9.86. The van der Waals surface area contributed by atoms with Gasteiger partial charge in [0.05, 0.1) is 19.8 Å². The fourth-order valence-electron chi connectivity index (χ4n) is 2.85. The molecule has 0 amide bonds. The van der Waals surface area contributed by atoms with E-state index >= 15 is 0 Å². The molecule has 29 heavy (non-hydrogen) atoms. The summed E-state index contributed by atoms with van der Waals surface area (Å²) in [6.45, 7) is 3.89. The number of benzene rings is 3. The summed E-state index contributed by atoms with van der Waals surface area (Å²) in [6.07, 6.45) is 0. The molecule has 6 heteroatoms. The van der Waals surface area contributed by atoms with Crippen molar-refractivity contribution in [2.75, 3.05) is 0 Å². The van der Waals surface area contributed by atoms with Crippen molar-refractivity contribution >= 4 is 7.82 Å². The Balaban J connectivity index is 1.71. The van der Waals surface area contributed by atoms with Gasteiger partial charge in [0, 0.05) is 0 Å². The summed E-state index contributed by atoms with van der Waals surface area (Å²) in [5.41, 5.74) is 3.99. The SMILES string of the molecule is Cc1cc(COP(=O)(OCc2ccccc2)OCc2ccccc2)cc(C)c1O. The largest absolute Gasteiger partial charge is 0.507 e. The Morgan fingerprint density at radius 3 is 1.48 bits per heavy atom. The van der Waals surface area contributed by atoms with Gasteiger partial charge >= 0.3 is 7.82 Å². The summed E-state index contributed by atoms with van der Waals surface area (Å²) in [7, 11) is -3.82. The maximum atomic E-state index is 13.3. The van der Waals surface area contributed by atoms with Gasteiger partial charge in [0.25, 0.3) is 0 Å². The van der Waals surface area contributed by atoms with Crippen LogP contribution in [0.25, 0.3) is 0 Å². The van der Waals surface area contributed by atoms with Gasteiger partial charge in [-0.2, -0.15) is 0 Å². The number of hydrogen-bond acceptors (Lipinski definition) is 5. The molecule has 3 aromatic rings. The third-order valence-corrected chi connectivity index (χ3v) is 5.74. The average Bonchev–Trinajstić information content (AvgIpc) is 2.75. The molecule has 152 valence electrons. The van der Waals surface area contributed by atoms with Crippen molar-refractivity contribution < 1.29 is 23.2 Å². The number of phosphoric ester groups is 1. The fraction of sp³-hybridized carbons (Fsp3) is 0.217. The minimum absolute atomic E-state index is 0.0445. The van der Waals surface area contributed by atoms with Gasteiger partial charge in [0.1, 0.15) is 5.75 Å². The van der Waals surface area contributed by atoms with Gasteiger partial charge in [-0.3, -0.25) is 13.6 Å². The van der Waals surface area contributed by atoms with Crippen LogP contribution in [0.4, 0.5) is 0 Å². The van der Waals surface area contributed by atoms with E-state index in [1.165, 1.54) is 0 Å². The lowest BCUT2D eigenvalue weighted by Crippen LogP contribution is -2.02. The zero-order chi connectivity index (χ0) is 20.7. The normalized spacial score (nSPS) is 11.5. The molecule has 0 heterocycles. The van der Waals surface area contributed by atoms with E-state index in [9.17, 15) is 9.67 Å². The summed E-state index contributed by atoms with van der Waals surface area (Å²) in [6, 6.07) is 22.5. The molecule has 3 rings (SSSR count). The van der Waals surface area contributed by atoms with Crippen molar-refractivity contribution in [3.05, 3.63) is 101 Å². The number of aromatic hydroxyl groups is 1. The van der Waals surface area contributed by atoms with E-state index in [0.29, 0.717) is 0 Å². The van der Waals surface area contributed by atoms with Crippen LogP contribution < -0.4 is 0 Å². The molecule has 0 bridgehead atoms. The number of phenols is 1. The average molecular weight is 412 g/mol. The molecule has 0 fully saturated rings. The van der Waals surface area contributed by atoms with E-state index in [-0.39, 0.29) is 25.6 Å². The second-order valence-electron chi connectivity index (χ2n) is 6.82. The minimum atomic E-state index is -3.82. The number of rotatable bonds is 9. The molecule has 0 spiro atoms. The molecular weight excluding hydrogens is 387 g/mol. The van der Waals surface area contributed by atoms with Crippen molar-refractivity contribution in [1.82, 2.24) is 0 Å². The highest BCUT2D eigenvalue weighted by atomic mass is 31.2. The Hall–Kier alpha value is -2.43. The zero-order valence-corrected chi connectivity index (χ0v) is 17.5. The van der Waals surface area contributed by atoms with Crippen molar-refractivity contribution in [3.63, 3.8) is 0 Å². The molecule has 0 saturated heterocycles. The fourth-order valence-corrected chi connectivity index (χ4v) is 4.00. The van der Waals surface area contributed by atoms with Gasteiger partial charge in [0.15, 0.2) is 0 Å². The molecule has 0 aliphatic heterocycles. The van der Waals surface area contributed by atoms with Crippen LogP contribution >= 0.6 is 7.82 Å². The predicted molar refractivity (Wildman–Crippen MR) is 112 cm³/mol. The molecule has 1 N–H and O–H groups in total. The molecule has 0 aromatic heterocycles. The standard InChI is InChI=1S/C23H25O5P/c1-18-13-22(14-19(2)23(18)24)17-28-29(25,26-15-20-9-5-3-6-10-20)27-16-21-11-7-4-8-12-21/h3-14,24H,15-17H2,1-2H3. The molecule has 0 unspecified atom stereocenters. The van der Waals surface area contributed by atoms with Crippen LogP contribution in [0, 0.1) is 13.8 Å². The monoisotopic (exact) mass is 412 g/mol. The van der Waals surface area contributed by atoms with Gasteiger partial charge in [0.2, 0.25) is 0 Å². The van der Waals surface area contributed by atoms with Gasteiger partial charge < -0.3 is 5.11 Å².